The minimum absolute atomic E-state index is 0.0640. The summed E-state index contributed by atoms with van der Waals surface area (Å²) >= 11 is 0. The van der Waals surface area contributed by atoms with Crippen molar-refractivity contribution in [3.05, 3.63) is 65.7 Å². The van der Waals surface area contributed by atoms with E-state index in [1.165, 1.54) is 24.3 Å². The van der Waals surface area contributed by atoms with Gasteiger partial charge in [0.2, 0.25) is 10.0 Å². The predicted octanol–water partition coefficient (Wildman–Crippen LogP) is 1.59. The summed E-state index contributed by atoms with van der Waals surface area (Å²) in [5, 5.41) is 23.8. The van der Waals surface area contributed by atoms with Gasteiger partial charge in [-0.3, -0.25) is 0 Å². The molecule has 2 aromatic rings. The Morgan fingerprint density at radius 3 is 2.31 bits per heavy atom. The van der Waals surface area contributed by atoms with E-state index in [4.69, 9.17) is 0 Å². The van der Waals surface area contributed by atoms with Gasteiger partial charge >= 0.3 is 6.18 Å². The number of hydrogen-bond acceptors (Lipinski definition) is 5. The quantitative estimate of drug-likeness (QED) is 0.648. The molecule has 2 aromatic carbocycles. The van der Waals surface area contributed by atoms with Crippen molar-refractivity contribution in [3.63, 3.8) is 0 Å². The van der Waals surface area contributed by atoms with Crippen LogP contribution in [0.4, 0.5) is 13.2 Å². The number of nitrogens with zero attached hydrogens (tertiary/aromatic N) is 1. The molecule has 158 valence electrons. The molecular weight excluding hydrogens is 409 g/mol. The molecule has 29 heavy (non-hydrogen) atoms. The molecule has 0 amide bonds. The normalized spacial score (nSPS) is 23.4. The van der Waals surface area contributed by atoms with Gasteiger partial charge < -0.3 is 15.5 Å². The van der Waals surface area contributed by atoms with Crippen LogP contribution in [0.25, 0.3) is 0 Å². The second-order valence-corrected chi connectivity index (χ2v) is 8.97. The van der Waals surface area contributed by atoms with Crippen LogP contribution < -0.4 is 5.32 Å². The van der Waals surface area contributed by atoms with Crippen molar-refractivity contribution in [2.45, 2.75) is 29.3 Å². The topological polar surface area (TPSA) is 89.9 Å². The molecule has 0 radical (unpaired) electrons. The largest absolute Gasteiger partial charge is 0.416 e. The first-order valence-electron chi connectivity index (χ1n) is 8.85. The summed E-state index contributed by atoms with van der Waals surface area (Å²) in [4.78, 5) is 0.0640. The van der Waals surface area contributed by atoms with Crippen molar-refractivity contribution in [2.24, 2.45) is 0 Å². The van der Waals surface area contributed by atoms with Crippen molar-refractivity contribution >= 4 is 10.0 Å². The standard InChI is InChI=1S/C19H21F3N2O4S/c20-19(21,22)15-8-6-14(7-9-15)10-23-12-18(26)13-24(11-17(18)25)29(27,28)16-4-2-1-3-5-16/h1-9,17,23,25-26H,10-13H2/t17-,18+/m1/s1. The van der Waals surface area contributed by atoms with Gasteiger partial charge in [-0.1, -0.05) is 30.3 Å². The van der Waals surface area contributed by atoms with Crippen LogP contribution in [0.15, 0.2) is 59.5 Å². The molecule has 0 spiro atoms. The maximum atomic E-state index is 12.7. The Labute approximate surface area is 166 Å². The molecule has 1 saturated heterocycles. The predicted molar refractivity (Wildman–Crippen MR) is 99.3 cm³/mol. The second-order valence-electron chi connectivity index (χ2n) is 7.03. The van der Waals surface area contributed by atoms with Gasteiger partial charge in [-0.25, -0.2) is 8.42 Å². The van der Waals surface area contributed by atoms with Gasteiger partial charge in [0.25, 0.3) is 0 Å². The third-order valence-electron chi connectivity index (χ3n) is 4.87. The van der Waals surface area contributed by atoms with Gasteiger partial charge in [-0.15, -0.1) is 0 Å². The molecule has 0 saturated carbocycles. The summed E-state index contributed by atoms with van der Waals surface area (Å²) in [6.45, 7) is -0.532. The highest BCUT2D eigenvalue weighted by Gasteiger charge is 2.48. The Kier molecular flexibility index (Phi) is 6.02. The second kappa shape index (κ2) is 8.04. The number of benzene rings is 2. The lowest BCUT2D eigenvalue weighted by atomic mass is 10.0. The van der Waals surface area contributed by atoms with E-state index >= 15 is 0 Å². The zero-order valence-electron chi connectivity index (χ0n) is 15.3. The van der Waals surface area contributed by atoms with E-state index in [1.54, 1.807) is 18.2 Å². The first-order chi connectivity index (χ1) is 13.5. The monoisotopic (exact) mass is 430 g/mol. The van der Waals surface area contributed by atoms with Gasteiger partial charge in [-0.2, -0.15) is 17.5 Å². The molecule has 0 aromatic heterocycles. The molecule has 10 heteroatoms. The summed E-state index contributed by atoms with van der Waals surface area (Å²) in [6, 6.07) is 12.3. The Morgan fingerprint density at radius 1 is 1.10 bits per heavy atom. The zero-order valence-corrected chi connectivity index (χ0v) is 16.1. The Hall–Kier alpha value is -1.98. The maximum absolute atomic E-state index is 12.7. The highest BCUT2D eigenvalue weighted by molar-refractivity contribution is 7.89. The van der Waals surface area contributed by atoms with Crippen LogP contribution in [0.5, 0.6) is 0 Å². The van der Waals surface area contributed by atoms with E-state index < -0.39 is 33.5 Å². The highest BCUT2D eigenvalue weighted by atomic mass is 32.2. The molecule has 1 fully saturated rings. The number of rotatable bonds is 6. The van der Waals surface area contributed by atoms with Gasteiger partial charge in [-0.05, 0) is 29.8 Å². The number of halogens is 3. The van der Waals surface area contributed by atoms with Crippen LogP contribution in [0, 0.1) is 0 Å². The van der Waals surface area contributed by atoms with Crippen LogP contribution in [0.2, 0.25) is 0 Å². The minimum atomic E-state index is -4.41. The van der Waals surface area contributed by atoms with Crippen molar-refractivity contribution in [1.82, 2.24) is 9.62 Å². The molecule has 3 rings (SSSR count). The molecule has 6 nitrogen and oxygen atoms in total. The van der Waals surface area contributed by atoms with Gasteiger partial charge in [0.15, 0.2) is 0 Å². The van der Waals surface area contributed by atoms with E-state index in [0.717, 1.165) is 16.4 Å². The molecule has 2 atom stereocenters. The molecule has 1 aliphatic rings. The van der Waals surface area contributed by atoms with Gasteiger partial charge in [0.05, 0.1) is 16.6 Å². The van der Waals surface area contributed by atoms with Crippen molar-refractivity contribution < 1.29 is 31.8 Å². The van der Waals surface area contributed by atoms with E-state index in [0.29, 0.717) is 5.56 Å². The number of aliphatic hydroxyl groups is 2. The lowest BCUT2D eigenvalue weighted by Gasteiger charge is -2.26. The Morgan fingerprint density at radius 2 is 1.72 bits per heavy atom. The van der Waals surface area contributed by atoms with E-state index in [1.807, 2.05) is 0 Å². The average molecular weight is 430 g/mol. The van der Waals surface area contributed by atoms with Crippen LogP contribution in [0.3, 0.4) is 0 Å². The Bertz CT molecular complexity index is 936. The summed E-state index contributed by atoms with van der Waals surface area (Å²) < 4.78 is 64.1. The fourth-order valence-corrected chi connectivity index (χ4v) is 4.70. The fourth-order valence-electron chi connectivity index (χ4n) is 3.17. The van der Waals surface area contributed by atoms with Crippen molar-refractivity contribution in [1.29, 1.82) is 0 Å². The van der Waals surface area contributed by atoms with E-state index in [9.17, 15) is 31.8 Å². The molecular formula is C19H21F3N2O4S. The summed E-state index contributed by atoms with van der Waals surface area (Å²) in [5.41, 5.74) is -1.91. The fraction of sp³-hybridized carbons (Fsp3) is 0.368. The van der Waals surface area contributed by atoms with Crippen LogP contribution in [-0.4, -0.2) is 54.3 Å². The first kappa shape index (κ1) is 21.7. The number of aliphatic hydroxyl groups excluding tert-OH is 1. The molecule has 1 heterocycles. The number of hydrogen-bond donors (Lipinski definition) is 3. The van der Waals surface area contributed by atoms with Crippen LogP contribution in [0.1, 0.15) is 11.1 Å². The number of alkyl halides is 3. The molecule has 3 N–H and O–H groups in total. The lowest BCUT2D eigenvalue weighted by molar-refractivity contribution is -0.137. The SMILES string of the molecule is O=S(=O)(c1ccccc1)N1C[C@@H](O)[C@](O)(CNCc2ccc(C(F)(F)F)cc2)C1. The third kappa shape index (κ3) is 4.78. The molecule has 1 aliphatic heterocycles. The van der Waals surface area contributed by atoms with E-state index in [2.05, 4.69) is 5.32 Å². The van der Waals surface area contributed by atoms with Gasteiger partial charge in [0, 0.05) is 26.2 Å². The summed E-state index contributed by atoms with van der Waals surface area (Å²) in [5.74, 6) is 0. The average Bonchev–Trinajstić information content (AvgIpc) is 2.98. The van der Waals surface area contributed by atoms with Crippen molar-refractivity contribution in [2.75, 3.05) is 19.6 Å². The molecule has 0 unspecified atom stereocenters. The zero-order chi connectivity index (χ0) is 21.3. The lowest BCUT2D eigenvalue weighted by Crippen LogP contribution is -2.50. The number of β-amino-alcohol motifs (C(OH)–C–C–N with tert-alkyl or cyclic N) is 2. The third-order valence-corrected chi connectivity index (χ3v) is 6.70. The first-order valence-corrected chi connectivity index (χ1v) is 10.3. The number of nitrogens with one attached hydrogen (secondary N) is 1. The number of sulfonamides is 1. The van der Waals surface area contributed by atoms with Crippen LogP contribution >= 0.6 is 0 Å². The van der Waals surface area contributed by atoms with Crippen LogP contribution in [-0.2, 0) is 22.7 Å². The van der Waals surface area contributed by atoms with Crippen molar-refractivity contribution in [3.8, 4) is 0 Å². The summed E-state index contributed by atoms with van der Waals surface area (Å²) in [6.07, 6.45) is -5.72. The Balaban J connectivity index is 1.61. The molecule has 0 aliphatic carbocycles. The smallest absolute Gasteiger partial charge is 0.389 e. The summed E-state index contributed by atoms with van der Waals surface area (Å²) in [7, 11) is -3.86. The van der Waals surface area contributed by atoms with E-state index in [-0.39, 0.29) is 31.1 Å². The molecule has 0 bridgehead atoms. The maximum Gasteiger partial charge on any atom is 0.416 e. The highest BCUT2D eigenvalue weighted by Crippen LogP contribution is 2.29. The minimum Gasteiger partial charge on any atom is -0.389 e. The van der Waals surface area contributed by atoms with Gasteiger partial charge in [0.1, 0.15) is 5.60 Å².